The van der Waals surface area contributed by atoms with Gasteiger partial charge in [0.15, 0.2) is 0 Å². The molecule has 0 radical (unpaired) electrons. The van der Waals surface area contributed by atoms with Gasteiger partial charge in [-0.1, -0.05) is 0 Å². The van der Waals surface area contributed by atoms with Gasteiger partial charge in [-0.15, -0.1) is 12.4 Å². The van der Waals surface area contributed by atoms with E-state index >= 15 is 0 Å². The first-order valence-electron chi connectivity index (χ1n) is 8.08. The van der Waals surface area contributed by atoms with E-state index in [4.69, 9.17) is 4.74 Å². The summed E-state index contributed by atoms with van der Waals surface area (Å²) in [5.74, 6) is -0.0894. The molecule has 1 N–H and O–H groups in total. The van der Waals surface area contributed by atoms with Gasteiger partial charge in [0.1, 0.15) is 0 Å². The van der Waals surface area contributed by atoms with Gasteiger partial charge >= 0.3 is 0 Å². The first-order valence-corrected chi connectivity index (χ1v) is 9.52. The number of nitro benzene ring substituents is 1. The first kappa shape index (κ1) is 23.2. The Morgan fingerprint density at radius 3 is 2.33 bits per heavy atom. The van der Waals surface area contributed by atoms with Crippen LogP contribution in [0.3, 0.4) is 0 Å². The molecule has 0 unspecified atom stereocenters. The molecule has 0 aromatic heterocycles. The van der Waals surface area contributed by atoms with E-state index in [9.17, 15) is 23.3 Å². The van der Waals surface area contributed by atoms with Gasteiger partial charge in [0.25, 0.3) is 5.69 Å². The first-order chi connectivity index (χ1) is 12.4. The number of nitrogens with one attached hydrogen (secondary N) is 1. The van der Waals surface area contributed by atoms with Crippen LogP contribution < -0.4 is 5.32 Å². The Balaban J connectivity index is 0.00000364. The molecular formula is C15H23ClN4O6S. The fourth-order valence-corrected chi connectivity index (χ4v) is 3.97. The van der Waals surface area contributed by atoms with Crippen molar-refractivity contribution in [2.45, 2.75) is 4.90 Å². The van der Waals surface area contributed by atoms with Crippen molar-refractivity contribution in [3.63, 3.8) is 0 Å². The molecule has 0 spiro atoms. The van der Waals surface area contributed by atoms with Crippen LogP contribution in [0.5, 0.6) is 0 Å². The van der Waals surface area contributed by atoms with Gasteiger partial charge < -0.3 is 15.0 Å². The standard InChI is InChI=1S/C15H22N4O6S.ClH/c1-25-11-6-16-12-15(20)17-7-9-18(10-8-17)26(23,24)14-4-2-13(3-5-14)19(21)22;/h2-5,16H,6-12H2,1H3;1H. The van der Waals surface area contributed by atoms with Gasteiger partial charge in [0.05, 0.1) is 23.0 Å². The number of halogens is 1. The molecule has 0 saturated carbocycles. The normalized spacial score (nSPS) is 15.2. The highest BCUT2D eigenvalue weighted by Gasteiger charge is 2.30. The topological polar surface area (TPSA) is 122 Å². The summed E-state index contributed by atoms with van der Waals surface area (Å²) in [6, 6.07) is 4.78. The number of hydrogen-bond acceptors (Lipinski definition) is 7. The van der Waals surface area contributed by atoms with Crippen LogP contribution in [0.4, 0.5) is 5.69 Å². The van der Waals surface area contributed by atoms with Crippen LogP contribution in [0.2, 0.25) is 0 Å². The summed E-state index contributed by atoms with van der Waals surface area (Å²) in [5, 5.41) is 13.6. The molecule has 0 aliphatic carbocycles. The highest BCUT2D eigenvalue weighted by Crippen LogP contribution is 2.20. The van der Waals surface area contributed by atoms with Crippen molar-refractivity contribution < 1.29 is 22.9 Å². The second-order valence-electron chi connectivity index (χ2n) is 5.71. The minimum atomic E-state index is -3.74. The predicted octanol–water partition coefficient (Wildman–Crippen LogP) is 0.0855. The third kappa shape index (κ3) is 6.11. The quantitative estimate of drug-likeness (QED) is 0.357. The van der Waals surface area contributed by atoms with Crippen LogP contribution in [0, 0.1) is 10.1 Å². The maximum atomic E-state index is 12.6. The highest BCUT2D eigenvalue weighted by atomic mass is 35.5. The van der Waals surface area contributed by atoms with E-state index in [1.807, 2.05) is 0 Å². The Morgan fingerprint density at radius 2 is 1.81 bits per heavy atom. The van der Waals surface area contributed by atoms with Crippen molar-refractivity contribution in [3.05, 3.63) is 34.4 Å². The summed E-state index contributed by atoms with van der Waals surface area (Å²) in [4.78, 5) is 23.8. The highest BCUT2D eigenvalue weighted by molar-refractivity contribution is 7.89. The molecule has 1 aliphatic rings. The number of amides is 1. The van der Waals surface area contributed by atoms with Crippen LogP contribution in [-0.2, 0) is 19.6 Å². The third-order valence-electron chi connectivity index (χ3n) is 4.04. The smallest absolute Gasteiger partial charge is 0.269 e. The summed E-state index contributed by atoms with van der Waals surface area (Å²) < 4.78 is 31.4. The maximum absolute atomic E-state index is 12.6. The Labute approximate surface area is 164 Å². The molecule has 27 heavy (non-hydrogen) atoms. The molecule has 1 amide bonds. The Morgan fingerprint density at radius 1 is 1.22 bits per heavy atom. The number of piperazine rings is 1. The molecule has 0 atom stereocenters. The monoisotopic (exact) mass is 422 g/mol. The lowest BCUT2D eigenvalue weighted by Crippen LogP contribution is -2.52. The van der Waals surface area contributed by atoms with Crippen molar-refractivity contribution >= 4 is 34.0 Å². The molecular weight excluding hydrogens is 400 g/mol. The molecule has 10 nitrogen and oxygen atoms in total. The molecule has 12 heteroatoms. The number of sulfonamides is 1. The number of hydrogen-bond donors (Lipinski definition) is 1. The number of methoxy groups -OCH3 is 1. The van der Waals surface area contributed by atoms with E-state index in [0.29, 0.717) is 26.2 Å². The largest absolute Gasteiger partial charge is 0.383 e. The molecule has 1 heterocycles. The predicted molar refractivity (Wildman–Crippen MR) is 100 cm³/mol. The number of nitro groups is 1. The zero-order valence-corrected chi connectivity index (χ0v) is 16.5. The number of carbonyl (C=O) groups excluding carboxylic acids is 1. The van der Waals surface area contributed by atoms with E-state index in [2.05, 4.69) is 5.32 Å². The number of non-ortho nitro benzene ring substituents is 1. The average Bonchev–Trinajstić information content (AvgIpc) is 2.65. The number of rotatable bonds is 8. The van der Waals surface area contributed by atoms with Crippen LogP contribution in [0.15, 0.2) is 29.2 Å². The number of carbonyl (C=O) groups is 1. The number of nitrogens with zero attached hydrogens (tertiary/aromatic N) is 3. The molecule has 1 aliphatic heterocycles. The Hall–Kier alpha value is -1.79. The molecule has 152 valence electrons. The summed E-state index contributed by atoms with van der Waals surface area (Å²) in [5.41, 5.74) is -0.166. The molecule has 1 saturated heterocycles. The van der Waals surface area contributed by atoms with Crippen LogP contribution in [-0.4, -0.2) is 81.4 Å². The van der Waals surface area contributed by atoms with Gasteiger partial charge in [0, 0.05) is 52.0 Å². The van der Waals surface area contributed by atoms with E-state index in [1.165, 1.54) is 28.6 Å². The second-order valence-corrected chi connectivity index (χ2v) is 7.64. The van der Waals surface area contributed by atoms with E-state index in [-0.39, 0.29) is 48.5 Å². The lowest BCUT2D eigenvalue weighted by molar-refractivity contribution is -0.384. The minimum absolute atomic E-state index is 0. The SMILES string of the molecule is COCCNCC(=O)N1CCN(S(=O)(=O)c2ccc([N+](=O)[O-])cc2)CC1.Cl. The van der Waals surface area contributed by atoms with Gasteiger partial charge in [-0.3, -0.25) is 14.9 Å². The summed E-state index contributed by atoms with van der Waals surface area (Å²) in [6.45, 7) is 2.23. The van der Waals surface area contributed by atoms with Crippen molar-refractivity contribution in [2.75, 3.05) is 53.0 Å². The number of benzene rings is 1. The van der Waals surface area contributed by atoms with E-state index in [1.54, 1.807) is 12.0 Å². The summed E-state index contributed by atoms with van der Waals surface area (Å²) in [6.07, 6.45) is 0. The van der Waals surface area contributed by atoms with Crippen LogP contribution in [0.1, 0.15) is 0 Å². The van der Waals surface area contributed by atoms with Gasteiger partial charge in [-0.25, -0.2) is 8.42 Å². The van der Waals surface area contributed by atoms with Crippen molar-refractivity contribution in [3.8, 4) is 0 Å². The zero-order valence-electron chi connectivity index (χ0n) is 14.9. The van der Waals surface area contributed by atoms with Crippen LogP contribution in [0.25, 0.3) is 0 Å². The second kappa shape index (κ2) is 10.5. The van der Waals surface area contributed by atoms with E-state index < -0.39 is 14.9 Å². The molecule has 1 aromatic rings. The van der Waals surface area contributed by atoms with Gasteiger partial charge in [0.2, 0.25) is 15.9 Å². The summed E-state index contributed by atoms with van der Waals surface area (Å²) in [7, 11) is -2.16. The van der Waals surface area contributed by atoms with Crippen LogP contribution >= 0.6 is 12.4 Å². The fraction of sp³-hybridized carbons (Fsp3) is 0.533. The summed E-state index contributed by atoms with van der Waals surface area (Å²) >= 11 is 0. The Kier molecular flexibility index (Phi) is 9.06. The van der Waals surface area contributed by atoms with Crippen molar-refractivity contribution in [2.24, 2.45) is 0 Å². The maximum Gasteiger partial charge on any atom is 0.269 e. The fourth-order valence-electron chi connectivity index (χ4n) is 2.55. The molecule has 1 aromatic carbocycles. The van der Waals surface area contributed by atoms with E-state index in [0.717, 1.165) is 0 Å². The average molecular weight is 423 g/mol. The molecule has 0 bridgehead atoms. The zero-order chi connectivity index (χ0) is 19.2. The molecule has 2 rings (SSSR count). The third-order valence-corrected chi connectivity index (χ3v) is 5.95. The number of ether oxygens (including phenoxy) is 1. The van der Waals surface area contributed by atoms with Gasteiger partial charge in [-0.2, -0.15) is 4.31 Å². The Bertz CT molecular complexity index is 735. The van der Waals surface area contributed by atoms with Crippen molar-refractivity contribution in [1.29, 1.82) is 0 Å². The minimum Gasteiger partial charge on any atom is -0.383 e. The molecule has 1 fully saturated rings. The lowest BCUT2D eigenvalue weighted by atomic mass is 10.3. The lowest BCUT2D eigenvalue weighted by Gasteiger charge is -2.34. The van der Waals surface area contributed by atoms with Crippen molar-refractivity contribution in [1.82, 2.24) is 14.5 Å². The van der Waals surface area contributed by atoms with Gasteiger partial charge in [-0.05, 0) is 12.1 Å².